The molecule has 42 heavy (non-hydrogen) atoms. The highest BCUT2D eigenvalue weighted by Gasteiger charge is 2.50. The van der Waals surface area contributed by atoms with Gasteiger partial charge >= 0.3 is 27.8 Å². The molecule has 3 heterocycles. The van der Waals surface area contributed by atoms with E-state index in [1.165, 1.54) is 9.80 Å². The quantitative estimate of drug-likeness (QED) is 0.342. The number of rotatable bonds is 3. The van der Waals surface area contributed by atoms with E-state index in [2.05, 4.69) is 15.2 Å². The number of nitrogens with zero attached hydrogens (tertiary/aromatic N) is 4. The molecule has 3 rings (SSSR count). The minimum Gasteiger partial charge on any atom is -0.465 e. The van der Waals surface area contributed by atoms with Crippen LogP contribution in [0.25, 0.3) is 5.57 Å². The fourth-order valence-electron chi connectivity index (χ4n) is 4.07. The first kappa shape index (κ1) is 34.4. The number of amides is 2. The second-order valence-electron chi connectivity index (χ2n) is 11.6. The Bertz CT molecular complexity index is 1370. The number of pyridine rings is 1. The Morgan fingerprint density at radius 1 is 1.12 bits per heavy atom. The fourth-order valence-corrected chi connectivity index (χ4v) is 4.59. The van der Waals surface area contributed by atoms with Crippen molar-refractivity contribution < 1.29 is 45.2 Å². The highest BCUT2D eigenvalue weighted by molar-refractivity contribution is 7.87. The van der Waals surface area contributed by atoms with Crippen molar-refractivity contribution in [2.24, 2.45) is 5.41 Å². The Labute approximate surface area is 243 Å². The number of carboxylic acid groups (broad SMARTS) is 1. The van der Waals surface area contributed by atoms with E-state index in [1.54, 1.807) is 59.9 Å². The second-order valence-corrected chi connectivity index (χ2v) is 13.1. The van der Waals surface area contributed by atoms with Crippen LogP contribution in [0.1, 0.15) is 65.6 Å². The van der Waals surface area contributed by atoms with E-state index < -0.39 is 44.9 Å². The molecule has 0 spiro atoms. The van der Waals surface area contributed by atoms with Gasteiger partial charge in [0.2, 0.25) is 0 Å². The average Bonchev–Trinajstić information content (AvgIpc) is 2.86. The normalized spacial score (nSPS) is 18.0. The second kappa shape index (κ2) is 13.0. The lowest BCUT2D eigenvalue weighted by molar-refractivity contribution is -0.0531. The number of halogens is 3. The van der Waals surface area contributed by atoms with Crippen molar-refractivity contribution in [2.75, 3.05) is 19.6 Å². The predicted octanol–water partition coefficient (Wildman–Crippen LogP) is 5.51. The summed E-state index contributed by atoms with van der Waals surface area (Å²) in [6.45, 7) is 11.1. The molecule has 0 aromatic carbocycles. The summed E-state index contributed by atoms with van der Waals surface area (Å²) in [5.41, 5.74) is -4.64. The SMILES string of the molecule is CC(C)(C)OC(=O)N1CC=C(OS(=O)(=O)C(F)(F)F)CC1C(C)(C)C.N#Cc1cccnc1C1=CCN(C(=O)O)CC1. The van der Waals surface area contributed by atoms with Gasteiger partial charge in [0.1, 0.15) is 17.4 Å². The van der Waals surface area contributed by atoms with Crippen molar-refractivity contribution in [3.05, 3.63) is 47.5 Å². The Morgan fingerprint density at radius 2 is 1.76 bits per heavy atom. The molecule has 0 radical (unpaired) electrons. The Morgan fingerprint density at radius 3 is 2.24 bits per heavy atom. The zero-order chi connectivity index (χ0) is 32.1. The zero-order valence-corrected chi connectivity index (χ0v) is 25.0. The van der Waals surface area contributed by atoms with Crippen LogP contribution in [0.3, 0.4) is 0 Å². The number of carbonyl (C=O) groups excluding carboxylic acids is 1. The highest BCUT2D eigenvalue weighted by Crippen LogP contribution is 2.36. The van der Waals surface area contributed by atoms with Crippen molar-refractivity contribution in [1.82, 2.24) is 14.8 Å². The molecule has 0 saturated heterocycles. The maximum absolute atomic E-state index is 12.5. The van der Waals surface area contributed by atoms with Gasteiger partial charge in [-0.05, 0) is 56.4 Å². The molecule has 1 unspecified atom stereocenters. The summed E-state index contributed by atoms with van der Waals surface area (Å²) in [4.78, 5) is 30.0. The first-order valence-electron chi connectivity index (χ1n) is 12.9. The summed E-state index contributed by atoms with van der Waals surface area (Å²) in [5, 5.41) is 17.8. The minimum atomic E-state index is -5.74. The average molecular weight is 617 g/mol. The van der Waals surface area contributed by atoms with Gasteiger partial charge < -0.3 is 23.8 Å². The third-order valence-electron chi connectivity index (χ3n) is 6.13. The maximum Gasteiger partial charge on any atom is 0.534 e. The molecular weight excluding hydrogens is 581 g/mol. The van der Waals surface area contributed by atoms with Crippen LogP contribution in [-0.4, -0.2) is 77.3 Å². The zero-order valence-electron chi connectivity index (χ0n) is 24.2. The molecule has 2 aliphatic heterocycles. The van der Waals surface area contributed by atoms with Gasteiger partial charge in [0.15, 0.2) is 0 Å². The lowest BCUT2D eigenvalue weighted by Gasteiger charge is -2.42. The lowest BCUT2D eigenvalue weighted by atomic mass is 9.82. The molecule has 232 valence electrons. The van der Waals surface area contributed by atoms with Gasteiger partial charge in [0, 0.05) is 38.3 Å². The van der Waals surface area contributed by atoms with Gasteiger partial charge in [0.25, 0.3) is 0 Å². The van der Waals surface area contributed by atoms with E-state index in [-0.39, 0.29) is 18.7 Å². The predicted molar refractivity (Wildman–Crippen MR) is 146 cm³/mol. The van der Waals surface area contributed by atoms with E-state index in [9.17, 15) is 31.2 Å². The smallest absolute Gasteiger partial charge is 0.465 e. The van der Waals surface area contributed by atoms with Crippen molar-refractivity contribution in [2.45, 2.75) is 71.5 Å². The number of aromatic nitrogens is 1. The molecule has 1 atom stereocenters. The van der Waals surface area contributed by atoms with Crippen LogP contribution in [0.15, 0.2) is 36.2 Å². The molecule has 1 N–H and O–H groups in total. The molecular formula is C27H35F3N4O7S. The van der Waals surface area contributed by atoms with Crippen LogP contribution in [-0.2, 0) is 19.0 Å². The molecule has 0 aliphatic carbocycles. The summed E-state index contributed by atoms with van der Waals surface area (Å²) in [5.74, 6) is -0.336. The van der Waals surface area contributed by atoms with E-state index in [4.69, 9.17) is 15.1 Å². The van der Waals surface area contributed by atoms with E-state index in [0.717, 1.165) is 11.6 Å². The number of hydrogen-bond acceptors (Lipinski definition) is 8. The van der Waals surface area contributed by atoms with Crippen molar-refractivity contribution >= 4 is 27.9 Å². The number of hydrogen-bond donors (Lipinski definition) is 1. The molecule has 1 aromatic heterocycles. The summed E-state index contributed by atoms with van der Waals surface area (Å²) >= 11 is 0. The fraction of sp³-hybridized carbons (Fsp3) is 0.556. The summed E-state index contributed by atoms with van der Waals surface area (Å²) in [7, 11) is -5.74. The topological polar surface area (TPSA) is 150 Å². The van der Waals surface area contributed by atoms with Crippen molar-refractivity contribution in [3.8, 4) is 6.07 Å². The number of nitriles is 1. The van der Waals surface area contributed by atoms with Crippen LogP contribution >= 0.6 is 0 Å². The third-order valence-corrected chi connectivity index (χ3v) is 7.13. The van der Waals surface area contributed by atoms with Gasteiger partial charge in [-0.2, -0.15) is 26.9 Å². The lowest BCUT2D eigenvalue weighted by Crippen LogP contribution is -2.51. The first-order valence-corrected chi connectivity index (χ1v) is 14.3. The van der Waals surface area contributed by atoms with Gasteiger partial charge in [-0.1, -0.05) is 26.8 Å². The number of alkyl halides is 3. The Kier molecular flexibility index (Phi) is 10.7. The summed E-state index contributed by atoms with van der Waals surface area (Å²) < 4.78 is 69.4. The molecule has 11 nitrogen and oxygen atoms in total. The monoisotopic (exact) mass is 616 g/mol. The molecule has 0 fully saturated rings. The number of ether oxygens (including phenoxy) is 1. The summed E-state index contributed by atoms with van der Waals surface area (Å²) in [6, 6.07) is 4.93. The van der Waals surface area contributed by atoms with Crippen LogP contribution < -0.4 is 0 Å². The Hall–Kier alpha value is -3.80. The molecule has 0 bridgehead atoms. The molecule has 2 aliphatic rings. The van der Waals surface area contributed by atoms with Gasteiger partial charge in [-0.3, -0.25) is 4.98 Å². The standard InChI is InChI=1S/C15H24F3NO5S.C12H11N3O2/c1-13(2,3)11-9-10(24-25(21,22)15(16,17)18)7-8-19(11)12(20)23-14(4,5)6;13-8-10-2-1-5-14-11(10)9-3-6-15(7-4-9)12(16)17/h7,11H,8-9H2,1-6H3;1-3,5H,4,6-7H2,(H,16,17). The molecule has 15 heteroatoms. The van der Waals surface area contributed by atoms with Crippen molar-refractivity contribution in [1.29, 1.82) is 5.26 Å². The van der Waals surface area contributed by atoms with Crippen LogP contribution in [0.5, 0.6) is 0 Å². The summed E-state index contributed by atoms with van der Waals surface area (Å²) in [6.07, 6.45) is 3.50. The number of carbonyl (C=O) groups is 2. The van der Waals surface area contributed by atoms with Gasteiger partial charge in [-0.15, -0.1) is 0 Å². The molecule has 1 aromatic rings. The minimum absolute atomic E-state index is 0.112. The van der Waals surface area contributed by atoms with Crippen molar-refractivity contribution in [3.63, 3.8) is 0 Å². The molecule has 0 saturated carbocycles. The van der Waals surface area contributed by atoms with E-state index in [1.807, 2.05) is 6.08 Å². The highest BCUT2D eigenvalue weighted by atomic mass is 32.2. The van der Waals surface area contributed by atoms with Gasteiger partial charge in [0.05, 0.1) is 11.3 Å². The van der Waals surface area contributed by atoms with Crippen LogP contribution in [0.2, 0.25) is 0 Å². The Balaban J connectivity index is 0.000000314. The van der Waals surface area contributed by atoms with Crippen LogP contribution in [0.4, 0.5) is 22.8 Å². The maximum atomic E-state index is 12.5. The molecule has 2 amide bonds. The largest absolute Gasteiger partial charge is 0.534 e. The van der Waals surface area contributed by atoms with E-state index >= 15 is 0 Å². The third kappa shape index (κ3) is 9.37. The van der Waals surface area contributed by atoms with Gasteiger partial charge in [-0.25, -0.2) is 9.59 Å². The first-order chi connectivity index (χ1) is 19.2. The van der Waals surface area contributed by atoms with Crippen LogP contribution in [0, 0.1) is 16.7 Å². The van der Waals surface area contributed by atoms with E-state index in [0.29, 0.717) is 30.8 Å².